The van der Waals surface area contributed by atoms with Crippen LogP contribution in [0.1, 0.15) is 31.9 Å². The quantitative estimate of drug-likeness (QED) is 0.831. The van der Waals surface area contributed by atoms with E-state index in [4.69, 9.17) is 4.74 Å². The van der Waals surface area contributed by atoms with Crippen molar-refractivity contribution in [2.24, 2.45) is 0 Å². The minimum atomic E-state index is -0.436. The standard InChI is InChI=1S/C15H17NO3S2/c1-3-11-7-13(21-10(11)2)15(18)19-9-14(17)16-8-12-5-4-6-20-12/h4-7H,3,8-9H2,1-2H3,(H,16,17). The van der Waals surface area contributed by atoms with Gasteiger partial charge in [0.2, 0.25) is 0 Å². The van der Waals surface area contributed by atoms with E-state index in [9.17, 15) is 9.59 Å². The Morgan fingerprint density at radius 1 is 1.38 bits per heavy atom. The first-order valence-electron chi connectivity index (χ1n) is 6.65. The minimum absolute atomic E-state index is 0.247. The number of hydrogen-bond donors (Lipinski definition) is 1. The van der Waals surface area contributed by atoms with Crippen molar-refractivity contribution in [2.45, 2.75) is 26.8 Å². The summed E-state index contributed by atoms with van der Waals surface area (Å²) in [6.45, 7) is 4.24. The molecule has 0 aliphatic rings. The van der Waals surface area contributed by atoms with E-state index in [1.165, 1.54) is 11.3 Å². The summed E-state index contributed by atoms with van der Waals surface area (Å²) in [5, 5.41) is 4.67. The van der Waals surface area contributed by atoms with E-state index in [2.05, 4.69) is 5.32 Å². The molecular weight excluding hydrogens is 306 g/mol. The average molecular weight is 323 g/mol. The number of amides is 1. The smallest absolute Gasteiger partial charge is 0.348 e. The molecule has 6 heteroatoms. The van der Waals surface area contributed by atoms with Gasteiger partial charge in [-0.15, -0.1) is 22.7 Å². The highest BCUT2D eigenvalue weighted by Gasteiger charge is 2.14. The van der Waals surface area contributed by atoms with Crippen LogP contribution in [-0.4, -0.2) is 18.5 Å². The lowest BCUT2D eigenvalue weighted by atomic mass is 10.2. The minimum Gasteiger partial charge on any atom is -0.451 e. The summed E-state index contributed by atoms with van der Waals surface area (Å²) in [6.07, 6.45) is 0.886. The predicted molar refractivity (Wildman–Crippen MR) is 84.9 cm³/mol. The Morgan fingerprint density at radius 3 is 2.81 bits per heavy atom. The third kappa shape index (κ3) is 4.41. The Hall–Kier alpha value is -1.66. The molecule has 0 atom stereocenters. The van der Waals surface area contributed by atoms with Gasteiger partial charge in [0.15, 0.2) is 6.61 Å². The van der Waals surface area contributed by atoms with Gasteiger partial charge in [0.05, 0.1) is 6.54 Å². The zero-order chi connectivity index (χ0) is 15.2. The molecule has 2 heterocycles. The summed E-state index contributed by atoms with van der Waals surface area (Å²) in [6, 6.07) is 5.71. The van der Waals surface area contributed by atoms with Crippen molar-refractivity contribution in [3.05, 3.63) is 43.8 Å². The molecule has 0 unspecified atom stereocenters. The topological polar surface area (TPSA) is 55.4 Å². The third-order valence-electron chi connectivity index (χ3n) is 2.98. The van der Waals surface area contributed by atoms with E-state index in [-0.39, 0.29) is 12.5 Å². The van der Waals surface area contributed by atoms with Crippen LogP contribution in [-0.2, 0) is 22.5 Å². The molecular formula is C15H17NO3S2. The number of aryl methyl sites for hydroxylation is 2. The van der Waals surface area contributed by atoms with Gasteiger partial charge in [-0.25, -0.2) is 4.79 Å². The molecule has 0 spiro atoms. The van der Waals surface area contributed by atoms with Crippen LogP contribution >= 0.6 is 22.7 Å². The summed E-state index contributed by atoms with van der Waals surface area (Å²) in [7, 11) is 0. The van der Waals surface area contributed by atoms with E-state index in [0.29, 0.717) is 11.4 Å². The third-order valence-corrected chi connectivity index (χ3v) is 4.93. The summed E-state index contributed by atoms with van der Waals surface area (Å²) >= 11 is 2.98. The van der Waals surface area contributed by atoms with Crippen molar-refractivity contribution < 1.29 is 14.3 Å². The van der Waals surface area contributed by atoms with E-state index in [1.54, 1.807) is 11.3 Å². The summed E-state index contributed by atoms with van der Waals surface area (Å²) in [5.41, 5.74) is 1.15. The van der Waals surface area contributed by atoms with Crippen LogP contribution in [0.2, 0.25) is 0 Å². The Morgan fingerprint density at radius 2 is 2.19 bits per heavy atom. The molecule has 0 aliphatic heterocycles. The van der Waals surface area contributed by atoms with E-state index in [0.717, 1.165) is 21.7 Å². The van der Waals surface area contributed by atoms with Crippen LogP contribution in [0.25, 0.3) is 0 Å². The molecule has 4 nitrogen and oxygen atoms in total. The molecule has 0 aliphatic carbocycles. The molecule has 0 radical (unpaired) electrons. The highest BCUT2D eigenvalue weighted by atomic mass is 32.1. The molecule has 112 valence electrons. The second-order valence-electron chi connectivity index (χ2n) is 4.48. The van der Waals surface area contributed by atoms with Crippen molar-refractivity contribution in [1.29, 1.82) is 0 Å². The van der Waals surface area contributed by atoms with Gasteiger partial charge >= 0.3 is 5.97 Å². The van der Waals surface area contributed by atoms with Gasteiger partial charge in [0, 0.05) is 9.75 Å². The van der Waals surface area contributed by atoms with Gasteiger partial charge < -0.3 is 10.1 Å². The van der Waals surface area contributed by atoms with Gasteiger partial charge in [0.25, 0.3) is 5.91 Å². The molecule has 21 heavy (non-hydrogen) atoms. The zero-order valence-electron chi connectivity index (χ0n) is 12.0. The first-order chi connectivity index (χ1) is 10.1. The number of carbonyl (C=O) groups is 2. The molecule has 2 aromatic rings. The normalized spacial score (nSPS) is 10.4. The molecule has 2 rings (SSSR count). The lowest BCUT2D eigenvalue weighted by molar-refractivity contribution is -0.124. The van der Waals surface area contributed by atoms with Gasteiger partial charge in [0.1, 0.15) is 4.88 Å². The summed E-state index contributed by atoms with van der Waals surface area (Å²) in [4.78, 5) is 26.2. The molecule has 1 amide bonds. The Bertz CT molecular complexity index is 617. The lowest BCUT2D eigenvalue weighted by Crippen LogP contribution is -2.27. The molecule has 0 saturated heterocycles. The summed E-state index contributed by atoms with van der Waals surface area (Å²) in [5.74, 6) is -0.727. The average Bonchev–Trinajstić information content (AvgIpc) is 3.11. The van der Waals surface area contributed by atoms with E-state index >= 15 is 0 Å². The Labute approximate surface area is 131 Å². The largest absolute Gasteiger partial charge is 0.451 e. The van der Waals surface area contributed by atoms with Crippen LogP contribution in [0.3, 0.4) is 0 Å². The number of rotatable bonds is 6. The van der Waals surface area contributed by atoms with Crippen molar-refractivity contribution in [3.63, 3.8) is 0 Å². The molecule has 0 bridgehead atoms. The number of ether oxygens (including phenoxy) is 1. The first-order valence-corrected chi connectivity index (χ1v) is 8.35. The van der Waals surface area contributed by atoms with E-state index < -0.39 is 5.97 Å². The number of esters is 1. The van der Waals surface area contributed by atoms with E-state index in [1.807, 2.05) is 37.4 Å². The second kappa shape index (κ2) is 7.38. The van der Waals surface area contributed by atoms with Crippen molar-refractivity contribution in [3.8, 4) is 0 Å². The highest BCUT2D eigenvalue weighted by molar-refractivity contribution is 7.14. The number of carbonyl (C=O) groups excluding carboxylic acids is 2. The molecule has 0 aromatic carbocycles. The van der Waals surface area contributed by atoms with Gasteiger partial charge in [-0.3, -0.25) is 4.79 Å². The predicted octanol–water partition coefficient (Wildman–Crippen LogP) is 3.15. The molecule has 0 fully saturated rings. The molecule has 1 N–H and O–H groups in total. The zero-order valence-corrected chi connectivity index (χ0v) is 13.6. The van der Waals surface area contributed by atoms with Crippen LogP contribution < -0.4 is 5.32 Å². The monoisotopic (exact) mass is 323 g/mol. The lowest BCUT2D eigenvalue weighted by Gasteiger charge is -2.04. The first kappa shape index (κ1) is 15.7. The Balaban J connectivity index is 1.78. The maximum absolute atomic E-state index is 11.9. The Kier molecular flexibility index (Phi) is 5.52. The van der Waals surface area contributed by atoms with Crippen LogP contribution in [0.4, 0.5) is 0 Å². The van der Waals surface area contributed by atoms with Gasteiger partial charge in [-0.1, -0.05) is 13.0 Å². The van der Waals surface area contributed by atoms with Crippen molar-refractivity contribution in [1.82, 2.24) is 5.32 Å². The molecule has 0 saturated carbocycles. The van der Waals surface area contributed by atoms with Crippen LogP contribution in [0.5, 0.6) is 0 Å². The van der Waals surface area contributed by atoms with Gasteiger partial charge in [-0.2, -0.15) is 0 Å². The van der Waals surface area contributed by atoms with Gasteiger partial charge in [-0.05, 0) is 36.4 Å². The highest BCUT2D eigenvalue weighted by Crippen LogP contribution is 2.22. The molecule has 2 aromatic heterocycles. The number of nitrogens with one attached hydrogen (secondary N) is 1. The SMILES string of the molecule is CCc1cc(C(=O)OCC(=O)NCc2cccs2)sc1C. The maximum Gasteiger partial charge on any atom is 0.348 e. The van der Waals surface area contributed by atoms with Crippen molar-refractivity contribution in [2.75, 3.05) is 6.61 Å². The van der Waals surface area contributed by atoms with Crippen molar-refractivity contribution >= 4 is 34.6 Å². The number of hydrogen-bond acceptors (Lipinski definition) is 5. The summed E-state index contributed by atoms with van der Waals surface area (Å²) < 4.78 is 5.04. The fraction of sp³-hybridized carbons (Fsp3) is 0.333. The van der Waals surface area contributed by atoms with Crippen LogP contribution in [0, 0.1) is 6.92 Å². The maximum atomic E-state index is 11.9. The fourth-order valence-corrected chi connectivity index (χ4v) is 3.48. The van der Waals surface area contributed by atoms with Crippen LogP contribution in [0.15, 0.2) is 23.6 Å². The second-order valence-corrected chi connectivity index (χ2v) is 6.77. The fourth-order valence-electron chi connectivity index (χ4n) is 1.82. The number of thiophene rings is 2.